The molecule has 0 spiro atoms. The molecule has 4 rings (SSSR count). The van der Waals surface area contributed by atoms with Gasteiger partial charge in [-0.2, -0.15) is 0 Å². The van der Waals surface area contributed by atoms with Crippen molar-refractivity contribution in [3.63, 3.8) is 0 Å². The van der Waals surface area contributed by atoms with E-state index in [1.807, 2.05) is 19.1 Å². The van der Waals surface area contributed by atoms with E-state index < -0.39 is 17.8 Å². The van der Waals surface area contributed by atoms with Crippen LogP contribution in [-0.2, 0) is 22.6 Å². The van der Waals surface area contributed by atoms with Crippen molar-refractivity contribution in [3.8, 4) is 11.5 Å². The largest absolute Gasteiger partial charge is 0.490 e. The van der Waals surface area contributed by atoms with E-state index in [1.54, 1.807) is 48.5 Å². The number of nitrogens with zero attached hydrogens (tertiary/aromatic N) is 1. The van der Waals surface area contributed by atoms with Gasteiger partial charge in [0.05, 0.1) is 17.9 Å². The standard InChI is InChI=1S/C29H26N2O6/c1-3-8-22-15-20(16-24-27(32)30-31(28(24)33)23-9-6-5-7-10-23)17-25(36-4-2)26(22)37-18-19-11-13-21(14-12-19)29(34)35/h3,5-7,9-17H,1,4,8,18H2,2H3,(H,30,32)(H,34,35)/b24-16-. The Labute approximate surface area is 214 Å². The maximum Gasteiger partial charge on any atom is 0.335 e. The molecule has 37 heavy (non-hydrogen) atoms. The Morgan fingerprint density at radius 2 is 1.78 bits per heavy atom. The van der Waals surface area contributed by atoms with Gasteiger partial charge in [-0.1, -0.05) is 36.4 Å². The van der Waals surface area contributed by atoms with E-state index in [1.165, 1.54) is 23.2 Å². The average molecular weight is 499 g/mol. The van der Waals surface area contributed by atoms with Gasteiger partial charge in [0, 0.05) is 5.56 Å². The van der Waals surface area contributed by atoms with Crippen LogP contribution in [0, 0.1) is 0 Å². The fraction of sp³-hybridized carbons (Fsp3) is 0.138. The smallest absolute Gasteiger partial charge is 0.335 e. The third-order valence-electron chi connectivity index (χ3n) is 5.62. The van der Waals surface area contributed by atoms with Gasteiger partial charge >= 0.3 is 5.97 Å². The fourth-order valence-electron chi connectivity index (χ4n) is 3.88. The van der Waals surface area contributed by atoms with E-state index in [-0.39, 0.29) is 17.7 Å². The highest BCUT2D eigenvalue weighted by atomic mass is 16.5. The molecule has 0 unspecified atom stereocenters. The Bertz CT molecular complexity index is 1360. The number of amides is 2. The van der Waals surface area contributed by atoms with Gasteiger partial charge in [0.15, 0.2) is 11.5 Å². The molecule has 1 heterocycles. The molecular weight excluding hydrogens is 472 g/mol. The van der Waals surface area contributed by atoms with Gasteiger partial charge in [-0.05, 0) is 66.9 Å². The van der Waals surface area contributed by atoms with Crippen LogP contribution in [0.5, 0.6) is 11.5 Å². The number of carbonyl (C=O) groups is 3. The van der Waals surface area contributed by atoms with Crippen LogP contribution in [0.3, 0.4) is 0 Å². The molecule has 0 aliphatic carbocycles. The zero-order valence-electron chi connectivity index (χ0n) is 20.3. The van der Waals surface area contributed by atoms with E-state index >= 15 is 0 Å². The first-order valence-corrected chi connectivity index (χ1v) is 11.7. The summed E-state index contributed by atoms with van der Waals surface area (Å²) in [5.74, 6) is -0.974. The third kappa shape index (κ3) is 5.70. The van der Waals surface area contributed by atoms with Gasteiger partial charge in [-0.25, -0.2) is 9.80 Å². The number of benzene rings is 3. The molecule has 0 aromatic heterocycles. The van der Waals surface area contributed by atoms with Crippen LogP contribution in [0.25, 0.3) is 6.08 Å². The lowest BCUT2D eigenvalue weighted by Gasteiger charge is -2.17. The van der Waals surface area contributed by atoms with E-state index in [4.69, 9.17) is 14.6 Å². The van der Waals surface area contributed by atoms with Crippen LogP contribution in [0.1, 0.15) is 34.0 Å². The molecule has 0 atom stereocenters. The number of aromatic carboxylic acids is 1. The SMILES string of the molecule is C=CCc1cc(/C=C2/C(=O)NN(c3ccccc3)C2=O)cc(OCC)c1OCc1ccc(C(=O)O)cc1. The third-order valence-corrected chi connectivity index (χ3v) is 5.62. The molecular formula is C29H26N2O6. The predicted octanol–water partition coefficient (Wildman–Crippen LogP) is 4.55. The Balaban J connectivity index is 1.64. The van der Waals surface area contributed by atoms with Gasteiger partial charge < -0.3 is 14.6 Å². The van der Waals surface area contributed by atoms with Crippen LogP contribution in [0.4, 0.5) is 5.69 Å². The maximum atomic E-state index is 13.0. The number of rotatable bonds is 10. The van der Waals surface area contributed by atoms with Crippen molar-refractivity contribution >= 4 is 29.5 Å². The second kappa shape index (κ2) is 11.3. The Morgan fingerprint density at radius 1 is 1.05 bits per heavy atom. The summed E-state index contributed by atoms with van der Waals surface area (Å²) in [5.41, 5.74) is 5.51. The molecule has 188 valence electrons. The van der Waals surface area contributed by atoms with Gasteiger partial charge in [0.1, 0.15) is 12.2 Å². The zero-order valence-corrected chi connectivity index (χ0v) is 20.3. The minimum atomic E-state index is -0.995. The number of carboxylic acid groups (broad SMARTS) is 1. The van der Waals surface area contributed by atoms with E-state index in [0.29, 0.717) is 35.8 Å². The van der Waals surface area contributed by atoms with Gasteiger partial charge in [-0.15, -0.1) is 6.58 Å². The molecule has 2 amide bonds. The molecule has 1 aliphatic heterocycles. The van der Waals surface area contributed by atoms with Crippen LogP contribution in [0.2, 0.25) is 0 Å². The summed E-state index contributed by atoms with van der Waals surface area (Å²) in [4.78, 5) is 36.7. The molecule has 0 radical (unpaired) electrons. The first-order chi connectivity index (χ1) is 17.9. The lowest BCUT2D eigenvalue weighted by Crippen LogP contribution is -2.35. The molecule has 3 aromatic rings. The number of carbonyl (C=O) groups excluding carboxylic acids is 2. The summed E-state index contributed by atoms with van der Waals surface area (Å²) < 4.78 is 12.0. The van der Waals surface area contributed by atoms with Gasteiger partial charge in [-0.3, -0.25) is 15.0 Å². The number of nitrogens with one attached hydrogen (secondary N) is 1. The van der Waals surface area contributed by atoms with Crippen molar-refractivity contribution in [1.82, 2.24) is 5.43 Å². The molecule has 1 fully saturated rings. The Hall–Kier alpha value is -4.85. The van der Waals surface area contributed by atoms with Crippen LogP contribution >= 0.6 is 0 Å². The summed E-state index contributed by atoms with van der Waals surface area (Å²) in [6, 6.07) is 18.8. The first kappa shape index (κ1) is 25.2. The molecule has 0 bridgehead atoms. The van der Waals surface area contributed by atoms with Crippen LogP contribution in [-0.4, -0.2) is 29.5 Å². The fourth-order valence-corrected chi connectivity index (χ4v) is 3.88. The van der Waals surface area contributed by atoms with Crippen LogP contribution in [0.15, 0.2) is 85.0 Å². The molecule has 1 aliphatic rings. The van der Waals surface area contributed by atoms with Crippen molar-refractivity contribution in [1.29, 1.82) is 0 Å². The number of ether oxygens (including phenoxy) is 2. The molecule has 0 saturated carbocycles. The first-order valence-electron chi connectivity index (χ1n) is 11.7. The normalized spacial score (nSPS) is 14.0. The topological polar surface area (TPSA) is 105 Å². The molecule has 3 aromatic carbocycles. The highest BCUT2D eigenvalue weighted by Gasteiger charge is 2.34. The Kier molecular flexibility index (Phi) is 7.68. The highest BCUT2D eigenvalue weighted by Crippen LogP contribution is 2.36. The van der Waals surface area contributed by atoms with Crippen molar-refractivity contribution in [2.45, 2.75) is 20.0 Å². The van der Waals surface area contributed by atoms with Crippen molar-refractivity contribution in [2.24, 2.45) is 0 Å². The lowest BCUT2D eigenvalue weighted by atomic mass is 10.0. The van der Waals surface area contributed by atoms with Gasteiger partial charge in [0.25, 0.3) is 11.8 Å². The lowest BCUT2D eigenvalue weighted by molar-refractivity contribution is -0.117. The van der Waals surface area contributed by atoms with Crippen LogP contribution < -0.4 is 19.9 Å². The summed E-state index contributed by atoms with van der Waals surface area (Å²) in [5, 5.41) is 10.3. The molecule has 8 heteroatoms. The number of hydrogen-bond donors (Lipinski definition) is 2. The molecule has 2 N–H and O–H groups in total. The summed E-state index contributed by atoms with van der Waals surface area (Å²) in [7, 11) is 0. The highest BCUT2D eigenvalue weighted by molar-refractivity contribution is 6.31. The molecule has 1 saturated heterocycles. The summed E-state index contributed by atoms with van der Waals surface area (Å²) in [6.07, 6.45) is 3.71. The second-order valence-corrected chi connectivity index (χ2v) is 8.20. The monoisotopic (exact) mass is 498 g/mol. The number of hydrazine groups is 1. The number of carboxylic acids is 1. The zero-order chi connectivity index (χ0) is 26.4. The van der Waals surface area contributed by atoms with E-state index in [0.717, 1.165) is 11.1 Å². The minimum absolute atomic E-state index is 0.00282. The maximum absolute atomic E-state index is 13.0. The van der Waals surface area contributed by atoms with E-state index in [2.05, 4.69) is 12.0 Å². The average Bonchev–Trinajstić information content (AvgIpc) is 3.17. The van der Waals surface area contributed by atoms with Gasteiger partial charge in [0.2, 0.25) is 0 Å². The van der Waals surface area contributed by atoms with E-state index in [9.17, 15) is 14.4 Å². The summed E-state index contributed by atoms with van der Waals surface area (Å²) >= 11 is 0. The van der Waals surface area contributed by atoms with Crippen molar-refractivity contribution in [3.05, 3.63) is 107 Å². The summed E-state index contributed by atoms with van der Waals surface area (Å²) in [6.45, 7) is 6.24. The molecule has 8 nitrogen and oxygen atoms in total. The minimum Gasteiger partial charge on any atom is -0.490 e. The van der Waals surface area contributed by atoms with Crippen molar-refractivity contribution in [2.75, 3.05) is 11.6 Å². The Morgan fingerprint density at radius 3 is 2.43 bits per heavy atom. The quantitative estimate of drug-likeness (QED) is 0.241. The number of allylic oxidation sites excluding steroid dienone is 1. The number of para-hydroxylation sites is 1. The number of anilines is 1. The second-order valence-electron chi connectivity index (χ2n) is 8.20. The number of hydrogen-bond acceptors (Lipinski definition) is 5. The van der Waals surface area contributed by atoms with Crippen molar-refractivity contribution < 1.29 is 29.0 Å². The predicted molar refractivity (Wildman–Crippen MR) is 139 cm³/mol.